The third-order valence-corrected chi connectivity index (χ3v) is 24.7. The summed E-state index contributed by atoms with van der Waals surface area (Å²) in [6, 6.07) is 11.3. The standard InChI is InChI=1S/2C23H29FN8O2.C22H25FN8O2.C21H24F2N8O2/c2*1-23(2,33)13-31-12-15(10-26-31)30-7-5-4-6-14(11-30)20-28-21-16-8-17(24)19(34-3)9-18(16)27-22(25)32(21)29-20;1-21(2,32)10-30-9-13(7-25-30)29-8-12-6-22(12,11-29)19-27-18-14-4-15(23)17(33-3)5-16(14)26-20(24)31(18)28-19;1-20(2,32)10-30-9-12(8-25-30)29-5-4-21(23,11-29)18-27-17-13-6-14(22)16(33-3)7-15(13)26-19(24)31(17)28-18/h2*8-10,12,14,33H,4-7,11,13H2,1-3H3,(H2,25,27);4-5,7,9,12,32H,6,8,10-11H2,1-3H3,(H2,24,26);6-9,32H,4-5,10-11H2,1-3H3,(H2,24,26)/t2*14-;12-,22-;21-/m1010/s1. The molecule has 21 rings (SSSR count). The summed E-state index contributed by atoms with van der Waals surface area (Å²) in [5, 5.41) is 78.0. The molecule has 12 aromatic heterocycles. The molecule has 45 heteroatoms. The second kappa shape index (κ2) is 34.6. The number of nitrogens with two attached hydrogens (primary N) is 4. The Morgan fingerprint density at radius 1 is 0.388 bits per heavy atom. The zero-order valence-electron chi connectivity index (χ0n) is 76.3. The number of hydrogen-bond acceptors (Lipinski definition) is 32. The average Bonchev–Trinajstić information content (AvgIpc) is 1.53. The first-order chi connectivity index (χ1) is 63.7. The van der Waals surface area contributed by atoms with Crippen LogP contribution in [-0.2, 0) is 37.3 Å². The Hall–Kier alpha value is -14.0. The maximum atomic E-state index is 16.0. The van der Waals surface area contributed by atoms with Gasteiger partial charge in [-0.25, -0.2) is 61.8 Å². The van der Waals surface area contributed by atoms with Crippen molar-refractivity contribution < 1.29 is 61.3 Å². The molecular formula is C89H107F5N32O8. The molecule has 16 heterocycles. The van der Waals surface area contributed by atoms with Gasteiger partial charge in [-0.1, -0.05) is 12.8 Å². The van der Waals surface area contributed by atoms with Gasteiger partial charge in [-0.15, -0.1) is 20.4 Å². The van der Waals surface area contributed by atoms with Gasteiger partial charge in [0.2, 0.25) is 23.8 Å². The Bertz CT molecular complexity index is 6730. The van der Waals surface area contributed by atoms with Crippen molar-refractivity contribution in [3.8, 4) is 23.0 Å². The van der Waals surface area contributed by atoms with Crippen LogP contribution in [0.15, 0.2) is 98.1 Å². The first-order valence-corrected chi connectivity index (χ1v) is 44.1. The van der Waals surface area contributed by atoms with Crippen molar-refractivity contribution in [2.75, 3.05) is 123 Å². The minimum Gasteiger partial charge on any atom is -0.494 e. The van der Waals surface area contributed by atoms with Gasteiger partial charge < -0.3 is 81.9 Å². The van der Waals surface area contributed by atoms with Crippen molar-refractivity contribution in [3.05, 3.63) is 145 Å². The molecule has 0 unspecified atom stereocenters. The van der Waals surface area contributed by atoms with Gasteiger partial charge in [0.15, 0.2) is 97.8 Å². The van der Waals surface area contributed by atoms with Gasteiger partial charge in [0, 0.05) is 135 Å². The minimum absolute atomic E-state index is 0.0104. The fourth-order valence-electron chi connectivity index (χ4n) is 18.3. The van der Waals surface area contributed by atoms with E-state index in [4.69, 9.17) is 61.9 Å². The lowest BCUT2D eigenvalue weighted by molar-refractivity contribution is 0.0571. The molecule has 4 saturated heterocycles. The molecule has 5 atom stereocenters. The molecule has 4 aromatic carbocycles. The number of anilines is 8. The van der Waals surface area contributed by atoms with Crippen molar-refractivity contribution in [1.82, 2.24) is 117 Å². The SMILES string of the molecule is COc1cc2nc(N)n3nc([C@@H]4CCCCN(c5cnn(CC(C)(C)O)c5)C4)nc3c2cc1F.COc1cc2nc(N)n3nc([C@@]45C[C@@H]4CN(c4cnn(CC(C)(C)O)c4)C5)nc3c2cc1F.COc1cc2nc(N)n3nc([C@H]4CCCCN(c5cnn(CC(C)(C)O)c5)C4)nc3c2cc1F.COc1cc2nc(N)n3nc([C@]4(F)CCN(c5cnn(CC(C)(C)O)c5)C4)nc3c2cc1F. The molecule has 0 spiro atoms. The number of benzene rings is 4. The van der Waals surface area contributed by atoms with Crippen LogP contribution < -0.4 is 61.5 Å². The van der Waals surface area contributed by atoms with E-state index in [0.29, 0.717) is 117 Å². The summed E-state index contributed by atoms with van der Waals surface area (Å²) in [6.07, 6.45) is 21.9. The summed E-state index contributed by atoms with van der Waals surface area (Å²) in [7, 11) is 5.59. The number of nitrogens with zero attached hydrogens (tertiary/aromatic N) is 28. The molecule has 706 valence electrons. The summed E-state index contributed by atoms with van der Waals surface area (Å²) < 4.78 is 106. The van der Waals surface area contributed by atoms with E-state index in [1.807, 2.05) is 42.1 Å². The van der Waals surface area contributed by atoms with E-state index in [1.54, 1.807) is 86.5 Å². The van der Waals surface area contributed by atoms with Crippen LogP contribution in [0.4, 0.5) is 68.5 Å². The highest BCUT2D eigenvalue weighted by atomic mass is 19.1. The third-order valence-electron chi connectivity index (χ3n) is 24.7. The number of methoxy groups -OCH3 is 4. The highest BCUT2D eigenvalue weighted by Crippen LogP contribution is 2.59. The maximum Gasteiger partial charge on any atom is 0.223 e. The molecule has 40 nitrogen and oxygen atoms in total. The number of rotatable bonds is 20. The fourth-order valence-corrected chi connectivity index (χ4v) is 18.3. The van der Waals surface area contributed by atoms with Gasteiger partial charge in [-0.3, -0.25) is 18.7 Å². The van der Waals surface area contributed by atoms with Crippen molar-refractivity contribution in [3.63, 3.8) is 0 Å². The number of aliphatic hydroxyl groups is 4. The van der Waals surface area contributed by atoms with Crippen LogP contribution in [0.2, 0.25) is 0 Å². The highest BCUT2D eigenvalue weighted by Gasteiger charge is 2.64. The van der Waals surface area contributed by atoms with Crippen molar-refractivity contribution in [2.24, 2.45) is 5.92 Å². The van der Waals surface area contributed by atoms with Crippen LogP contribution in [0, 0.1) is 29.2 Å². The molecule has 4 aliphatic heterocycles. The predicted octanol–water partition coefficient (Wildman–Crippen LogP) is 9.30. The van der Waals surface area contributed by atoms with Crippen molar-refractivity contribution in [2.45, 2.75) is 178 Å². The van der Waals surface area contributed by atoms with Crippen LogP contribution in [0.3, 0.4) is 0 Å². The summed E-state index contributed by atoms with van der Waals surface area (Å²) >= 11 is 0. The van der Waals surface area contributed by atoms with Crippen LogP contribution in [-0.4, -0.2) is 241 Å². The van der Waals surface area contributed by atoms with E-state index in [-0.39, 0.29) is 88.5 Å². The molecule has 12 N–H and O–H groups in total. The number of ether oxygens (including phenoxy) is 4. The normalized spacial score (nSPS) is 19.1. The molecule has 5 aliphatic rings. The van der Waals surface area contributed by atoms with Crippen LogP contribution >= 0.6 is 0 Å². The highest BCUT2D eigenvalue weighted by molar-refractivity contribution is 5.96. The topological polar surface area (TPSA) is 478 Å². The van der Waals surface area contributed by atoms with E-state index in [1.165, 1.54) is 95.0 Å². The summed E-state index contributed by atoms with van der Waals surface area (Å²) in [6.45, 7) is 20.8. The number of piperidine rings is 1. The van der Waals surface area contributed by atoms with E-state index in [0.717, 1.165) is 107 Å². The minimum atomic E-state index is -1.84. The Kier molecular flexibility index (Phi) is 23.4. The maximum absolute atomic E-state index is 16.0. The number of aromatic nitrogens is 24. The zero-order chi connectivity index (χ0) is 94.7. The quantitative estimate of drug-likeness (QED) is 0.0329. The van der Waals surface area contributed by atoms with Crippen LogP contribution in [0.1, 0.15) is 142 Å². The van der Waals surface area contributed by atoms with Crippen LogP contribution in [0.5, 0.6) is 23.0 Å². The number of halogens is 5. The molecule has 0 radical (unpaired) electrons. The third kappa shape index (κ3) is 18.3. The van der Waals surface area contributed by atoms with Gasteiger partial charge in [0.25, 0.3) is 0 Å². The van der Waals surface area contributed by atoms with E-state index in [2.05, 4.69) is 75.3 Å². The Balaban J connectivity index is 0.000000119. The monoisotopic (exact) mass is 1850 g/mol. The number of nitrogen functional groups attached to an aromatic ring is 4. The summed E-state index contributed by atoms with van der Waals surface area (Å²) in [4.78, 5) is 44.8. The molecule has 5 fully saturated rings. The molecule has 0 bridgehead atoms. The lowest BCUT2D eigenvalue weighted by atomic mass is 10.0. The lowest BCUT2D eigenvalue weighted by Crippen LogP contribution is -2.28. The molecule has 0 amide bonds. The molecule has 1 aliphatic carbocycles. The Labute approximate surface area is 763 Å². The zero-order valence-corrected chi connectivity index (χ0v) is 76.3. The molecule has 134 heavy (non-hydrogen) atoms. The lowest BCUT2D eigenvalue weighted by Gasteiger charge is -2.23. The predicted molar refractivity (Wildman–Crippen MR) is 490 cm³/mol. The van der Waals surface area contributed by atoms with E-state index < -0.39 is 51.3 Å². The average molecular weight is 1850 g/mol. The van der Waals surface area contributed by atoms with E-state index in [9.17, 15) is 38.0 Å². The van der Waals surface area contributed by atoms with Crippen molar-refractivity contribution >= 4 is 113 Å². The molecule has 16 aromatic rings. The van der Waals surface area contributed by atoms with Gasteiger partial charge in [0.05, 0.1) is 159 Å². The number of alkyl halides is 1. The molecule has 1 saturated carbocycles. The first-order valence-electron chi connectivity index (χ1n) is 44.1. The first kappa shape index (κ1) is 90.6. The fraction of sp³-hybridized carbons (Fsp3) is 0.461. The number of fused-ring (bicyclic) bond motifs is 13. The summed E-state index contributed by atoms with van der Waals surface area (Å²) in [5.74, 6) is 1.42. The second-order valence-corrected chi connectivity index (χ2v) is 37.8. The van der Waals surface area contributed by atoms with Gasteiger partial charge in [0.1, 0.15) is 0 Å². The number of hydrogen-bond donors (Lipinski definition) is 8. The smallest absolute Gasteiger partial charge is 0.223 e. The van der Waals surface area contributed by atoms with Gasteiger partial charge in [-0.05, 0) is 118 Å². The van der Waals surface area contributed by atoms with Gasteiger partial charge >= 0.3 is 0 Å². The van der Waals surface area contributed by atoms with Crippen molar-refractivity contribution in [1.29, 1.82) is 0 Å². The summed E-state index contributed by atoms with van der Waals surface area (Å²) in [5.41, 5.74) is 26.4. The Morgan fingerprint density at radius 3 is 1.06 bits per heavy atom. The largest absolute Gasteiger partial charge is 0.494 e. The van der Waals surface area contributed by atoms with Crippen LogP contribution in [0.25, 0.3) is 66.2 Å². The van der Waals surface area contributed by atoms with Gasteiger partial charge in [-0.2, -0.15) is 38.5 Å². The second-order valence-electron chi connectivity index (χ2n) is 37.8. The van der Waals surface area contributed by atoms with E-state index >= 15 is 4.39 Å². The Morgan fingerprint density at radius 2 is 0.709 bits per heavy atom. The molecular weight excluding hydrogens is 1740 g/mol.